The van der Waals surface area contributed by atoms with Crippen LogP contribution < -0.4 is 11.0 Å². The maximum Gasteiger partial charge on any atom is 0.0314 e. The highest BCUT2D eigenvalue weighted by molar-refractivity contribution is 7.65. The second kappa shape index (κ2) is 7.79. The largest absolute Gasteiger partial charge is 0.399 e. The van der Waals surface area contributed by atoms with Crippen LogP contribution in [-0.4, -0.2) is 12.3 Å². The van der Waals surface area contributed by atoms with Crippen molar-refractivity contribution in [2.45, 2.75) is 40.5 Å². The van der Waals surface area contributed by atoms with Gasteiger partial charge in [-0.1, -0.05) is 47.7 Å². The van der Waals surface area contributed by atoms with E-state index in [9.17, 15) is 0 Å². The minimum atomic E-state index is 0.0113. The topological polar surface area (TPSA) is 26.0 Å². The average molecular weight is 265 g/mol. The van der Waals surface area contributed by atoms with E-state index in [1.807, 2.05) is 0 Å². The van der Waals surface area contributed by atoms with Crippen molar-refractivity contribution < 1.29 is 0 Å². The number of hydrogen-bond donors (Lipinski definition) is 1. The molecule has 0 radical (unpaired) electrons. The Morgan fingerprint density at radius 3 is 1.72 bits per heavy atom. The Morgan fingerprint density at radius 2 is 1.33 bits per heavy atom. The molecule has 0 aliphatic carbocycles. The van der Waals surface area contributed by atoms with Crippen LogP contribution in [0.4, 0.5) is 5.69 Å². The van der Waals surface area contributed by atoms with Gasteiger partial charge in [-0.2, -0.15) is 0 Å². The van der Waals surface area contributed by atoms with E-state index in [1.165, 1.54) is 30.5 Å². The molecule has 1 nitrogen and oxygen atoms in total. The summed E-state index contributed by atoms with van der Waals surface area (Å²) in [6.07, 6.45) is 5.41. The van der Waals surface area contributed by atoms with E-state index in [0.717, 1.165) is 17.5 Å². The normalized spacial score (nSPS) is 11.7. The van der Waals surface area contributed by atoms with E-state index in [2.05, 4.69) is 52.0 Å². The van der Waals surface area contributed by atoms with Gasteiger partial charge in [0.25, 0.3) is 0 Å². The number of nitrogens with two attached hydrogens (primary N) is 1. The zero-order chi connectivity index (χ0) is 13.5. The van der Waals surface area contributed by atoms with E-state index < -0.39 is 0 Å². The Balaban J connectivity index is 2.66. The summed E-state index contributed by atoms with van der Waals surface area (Å²) in [5.41, 5.74) is 6.65. The molecule has 0 heterocycles. The van der Waals surface area contributed by atoms with Crippen LogP contribution in [0.2, 0.25) is 0 Å². The maximum absolute atomic E-state index is 5.78. The molecular weight excluding hydrogens is 237 g/mol. The first kappa shape index (κ1) is 15.5. The first-order valence-corrected chi connectivity index (χ1v) is 8.80. The monoisotopic (exact) mass is 265 g/mol. The van der Waals surface area contributed by atoms with Gasteiger partial charge in [0.15, 0.2) is 0 Å². The fourth-order valence-electron chi connectivity index (χ4n) is 1.88. The summed E-state index contributed by atoms with van der Waals surface area (Å²) in [6.45, 7) is 9.27. The Bertz CT molecular complexity index is 317. The van der Waals surface area contributed by atoms with E-state index in [-0.39, 0.29) is 7.92 Å². The summed E-state index contributed by atoms with van der Waals surface area (Å²) in [5, 5.41) is 1.53. The van der Waals surface area contributed by atoms with Crippen molar-refractivity contribution in [1.29, 1.82) is 0 Å². The van der Waals surface area contributed by atoms with Gasteiger partial charge in [-0.05, 0) is 54.4 Å². The molecule has 1 rings (SSSR count). The fraction of sp³-hybridized carbons (Fsp3) is 0.625. The molecule has 0 fully saturated rings. The lowest BCUT2D eigenvalue weighted by Gasteiger charge is -2.20. The third-order valence-electron chi connectivity index (χ3n) is 3.21. The van der Waals surface area contributed by atoms with Gasteiger partial charge in [-0.25, -0.2) is 0 Å². The fourth-order valence-corrected chi connectivity index (χ4v) is 4.85. The Hall–Kier alpha value is -0.550. The van der Waals surface area contributed by atoms with Gasteiger partial charge in [0.1, 0.15) is 0 Å². The van der Waals surface area contributed by atoms with Crippen LogP contribution in [-0.2, 0) is 0 Å². The van der Waals surface area contributed by atoms with Crippen LogP contribution in [0, 0.1) is 11.8 Å². The Morgan fingerprint density at radius 1 is 0.889 bits per heavy atom. The van der Waals surface area contributed by atoms with Gasteiger partial charge >= 0.3 is 0 Å². The summed E-state index contributed by atoms with van der Waals surface area (Å²) >= 11 is 0. The van der Waals surface area contributed by atoms with Crippen molar-refractivity contribution in [3.63, 3.8) is 0 Å². The molecule has 0 unspecified atom stereocenters. The predicted octanol–water partition coefficient (Wildman–Crippen LogP) is 4.47. The smallest absolute Gasteiger partial charge is 0.0314 e. The van der Waals surface area contributed by atoms with E-state index in [0.29, 0.717) is 0 Å². The quantitative estimate of drug-likeness (QED) is 0.571. The number of anilines is 1. The zero-order valence-electron chi connectivity index (χ0n) is 12.3. The summed E-state index contributed by atoms with van der Waals surface area (Å²) in [5.74, 6) is 1.62. The Labute approximate surface area is 114 Å². The lowest BCUT2D eigenvalue weighted by atomic mass is 10.2. The van der Waals surface area contributed by atoms with Gasteiger partial charge < -0.3 is 5.73 Å². The molecule has 18 heavy (non-hydrogen) atoms. The van der Waals surface area contributed by atoms with Crippen LogP contribution in [0.15, 0.2) is 24.3 Å². The molecule has 0 saturated carbocycles. The highest BCUT2D eigenvalue weighted by Gasteiger charge is 2.12. The second-order valence-electron chi connectivity index (χ2n) is 5.94. The van der Waals surface area contributed by atoms with E-state index in [4.69, 9.17) is 5.73 Å². The molecule has 0 aromatic heterocycles. The number of nitrogen functional groups attached to an aromatic ring is 1. The molecule has 1 aromatic rings. The lowest BCUT2D eigenvalue weighted by molar-refractivity contribution is 0.620. The molecule has 0 spiro atoms. The van der Waals surface area contributed by atoms with Crippen LogP contribution in [0.25, 0.3) is 0 Å². The van der Waals surface area contributed by atoms with Crippen molar-refractivity contribution in [3.8, 4) is 0 Å². The first-order chi connectivity index (χ1) is 8.49. The zero-order valence-corrected chi connectivity index (χ0v) is 13.2. The van der Waals surface area contributed by atoms with Crippen LogP contribution in [0.3, 0.4) is 0 Å². The van der Waals surface area contributed by atoms with Crippen LogP contribution >= 0.6 is 7.92 Å². The van der Waals surface area contributed by atoms with Gasteiger partial charge in [-0.15, -0.1) is 0 Å². The molecule has 0 bridgehead atoms. The molecule has 102 valence electrons. The lowest BCUT2D eigenvalue weighted by Crippen LogP contribution is -2.09. The molecule has 0 aliphatic rings. The molecule has 0 amide bonds. The third kappa shape index (κ3) is 5.87. The molecule has 2 N–H and O–H groups in total. The maximum atomic E-state index is 5.78. The van der Waals surface area contributed by atoms with E-state index in [1.54, 1.807) is 0 Å². The molecule has 0 aliphatic heterocycles. The average Bonchev–Trinajstić information content (AvgIpc) is 2.30. The van der Waals surface area contributed by atoms with Gasteiger partial charge in [0, 0.05) is 5.69 Å². The van der Waals surface area contributed by atoms with E-state index >= 15 is 0 Å². The predicted molar refractivity (Wildman–Crippen MR) is 86.1 cm³/mol. The first-order valence-electron chi connectivity index (χ1n) is 7.09. The highest BCUT2D eigenvalue weighted by Crippen LogP contribution is 2.38. The minimum Gasteiger partial charge on any atom is -0.399 e. The van der Waals surface area contributed by atoms with Crippen molar-refractivity contribution in [2.75, 3.05) is 18.1 Å². The summed E-state index contributed by atoms with van der Waals surface area (Å²) in [7, 11) is 0.0113. The highest BCUT2D eigenvalue weighted by atomic mass is 31.1. The Kier molecular flexibility index (Phi) is 6.71. The van der Waals surface area contributed by atoms with Crippen molar-refractivity contribution in [2.24, 2.45) is 11.8 Å². The molecular formula is C16H28NP. The van der Waals surface area contributed by atoms with Crippen LogP contribution in [0.1, 0.15) is 40.5 Å². The summed E-state index contributed by atoms with van der Waals surface area (Å²) < 4.78 is 0. The molecule has 1 aromatic carbocycles. The van der Waals surface area contributed by atoms with Gasteiger partial charge in [0.2, 0.25) is 0 Å². The van der Waals surface area contributed by atoms with Crippen molar-refractivity contribution >= 4 is 18.9 Å². The molecule has 0 atom stereocenters. The number of hydrogen-bond acceptors (Lipinski definition) is 1. The van der Waals surface area contributed by atoms with Crippen LogP contribution in [0.5, 0.6) is 0 Å². The molecule has 2 heteroatoms. The second-order valence-corrected chi connectivity index (χ2v) is 8.43. The standard InChI is InChI=1S/C16H28NP/c1-13(2)9-11-18(12-10-14(3)4)16-7-5-15(17)6-8-16/h5-8,13-14H,9-12,17H2,1-4H3. The third-order valence-corrected chi connectivity index (χ3v) is 5.84. The van der Waals surface area contributed by atoms with Gasteiger partial charge in [-0.3, -0.25) is 0 Å². The number of rotatable bonds is 7. The summed E-state index contributed by atoms with van der Waals surface area (Å²) in [4.78, 5) is 0. The summed E-state index contributed by atoms with van der Waals surface area (Å²) in [6, 6.07) is 8.58. The minimum absolute atomic E-state index is 0.0113. The number of benzene rings is 1. The SMILES string of the molecule is CC(C)CCP(CCC(C)C)c1ccc(N)cc1. The molecule has 0 saturated heterocycles. The van der Waals surface area contributed by atoms with Crippen molar-refractivity contribution in [1.82, 2.24) is 0 Å². The van der Waals surface area contributed by atoms with Gasteiger partial charge in [0.05, 0.1) is 0 Å². The van der Waals surface area contributed by atoms with Crippen molar-refractivity contribution in [3.05, 3.63) is 24.3 Å².